The van der Waals surface area contributed by atoms with Crippen molar-refractivity contribution in [3.8, 4) is 39.5 Å². The van der Waals surface area contributed by atoms with Gasteiger partial charge in [0.2, 0.25) is 0 Å². The zero-order chi connectivity index (χ0) is 38.1. The van der Waals surface area contributed by atoms with Gasteiger partial charge in [-0.3, -0.25) is 0 Å². The summed E-state index contributed by atoms with van der Waals surface area (Å²) in [5.74, 6) is 2.98. The van der Waals surface area contributed by atoms with Crippen molar-refractivity contribution in [1.29, 1.82) is 0 Å². The second kappa shape index (κ2) is 13.2. The fourth-order valence-electron chi connectivity index (χ4n) is 10.6. The number of methoxy groups -OCH3 is 2. The first-order valence-electron chi connectivity index (χ1n) is 20.3. The Kier molecular flexibility index (Phi) is 7.94. The zero-order valence-corrected chi connectivity index (χ0v) is 32.4. The summed E-state index contributed by atoms with van der Waals surface area (Å²) >= 11 is 0. The Bertz CT molecular complexity index is 2670. The molecule has 4 heteroatoms. The van der Waals surface area contributed by atoms with Gasteiger partial charge in [-0.25, -0.2) is 0 Å². The van der Waals surface area contributed by atoms with Gasteiger partial charge in [0.15, 0.2) is 5.60 Å². The molecule has 2 aliphatic carbocycles. The van der Waals surface area contributed by atoms with Crippen LogP contribution >= 0.6 is 0 Å². The lowest BCUT2D eigenvalue weighted by Crippen LogP contribution is -2.35. The van der Waals surface area contributed by atoms with Crippen LogP contribution in [0.4, 0.5) is 0 Å². The number of hydrogen-bond acceptors (Lipinski definition) is 4. The molecule has 1 saturated heterocycles. The maximum absolute atomic E-state index is 7.79. The summed E-state index contributed by atoms with van der Waals surface area (Å²) < 4.78 is 25.6. The third kappa shape index (κ3) is 4.90. The summed E-state index contributed by atoms with van der Waals surface area (Å²) in [4.78, 5) is 0. The summed E-state index contributed by atoms with van der Waals surface area (Å²) in [6.07, 6.45) is 9.23. The molecule has 57 heavy (non-hydrogen) atoms. The highest BCUT2D eigenvalue weighted by atomic mass is 16.5. The first kappa shape index (κ1) is 34.2. The van der Waals surface area contributed by atoms with Crippen LogP contribution in [0.1, 0.15) is 76.1 Å². The van der Waals surface area contributed by atoms with Crippen LogP contribution in [0, 0.1) is 0 Å². The quantitative estimate of drug-likeness (QED) is 0.176. The fraction of sp³-hybridized carbons (Fsp3) is 0.208. The molecule has 2 unspecified atom stereocenters. The van der Waals surface area contributed by atoms with Gasteiger partial charge in [0, 0.05) is 35.3 Å². The predicted molar refractivity (Wildman–Crippen MR) is 229 cm³/mol. The van der Waals surface area contributed by atoms with Crippen LogP contribution in [0.2, 0.25) is 0 Å². The van der Waals surface area contributed by atoms with Crippen molar-refractivity contribution in [1.82, 2.24) is 0 Å². The molecule has 2 aliphatic heterocycles. The molecule has 0 radical (unpaired) electrons. The SMILES string of the molecule is COc1ccc2c(c1)C1(c3ccccc3-c3ccccc31)c1c3c(c4cc(OC)ccc4c1-2)OC(c1ccccc1)(c1ccc(C2CCCCOCC2)cc1)C=C3. The van der Waals surface area contributed by atoms with Gasteiger partial charge in [0.05, 0.1) is 19.6 Å². The van der Waals surface area contributed by atoms with E-state index in [1.807, 2.05) is 0 Å². The van der Waals surface area contributed by atoms with E-state index in [0.29, 0.717) is 5.92 Å². The molecule has 7 aromatic rings. The van der Waals surface area contributed by atoms with E-state index in [4.69, 9.17) is 18.9 Å². The van der Waals surface area contributed by atoms with E-state index in [9.17, 15) is 0 Å². The minimum Gasteiger partial charge on any atom is -0.497 e. The predicted octanol–water partition coefficient (Wildman–Crippen LogP) is 12.2. The summed E-state index contributed by atoms with van der Waals surface area (Å²) in [5, 5.41) is 2.16. The van der Waals surface area contributed by atoms with Crippen LogP contribution in [-0.4, -0.2) is 27.4 Å². The van der Waals surface area contributed by atoms with E-state index >= 15 is 0 Å². The first-order chi connectivity index (χ1) is 28.2. The van der Waals surface area contributed by atoms with E-state index in [2.05, 4.69) is 152 Å². The average Bonchev–Trinajstić information content (AvgIpc) is 3.74. The molecule has 0 amide bonds. The highest BCUT2D eigenvalue weighted by molar-refractivity contribution is 6.11. The minimum absolute atomic E-state index is 0.489. The smallest absolute Gasteiger partial charge is 0.178 e. The van der Waals surface area contributed by atoms with E-state index in [1.54, 1.807) is 14.2 Å². The van der Waals surface area contributed by atoms with Gasteiger partial charge >= 0.3 is 0 Å². The van der Waals surface area contributed by atoms with Gasteiger partial charge in [0.25, 0.3) is 0 Å². The summed E-state index contributed by atoms with van der Waals surface area (Å²) in [5.41, 5.74) is 13.1. The van der Waals surface area contributed by atoms with Gasteiger partial charge < -0.3 is 18.9 Å². The highest BCUT2D eigenvalue weighted by Crippen LogP contribution is 2.67. The number of ether oxygens (including phenoxy) is 4. The van der Waals surface area contributed by atoms with Crippen LogP contribution in [0.3, 0.4) is 0 Å². The van der Waals surface area contributed by atoms with Crippen molar-refractivity contribution in [3.05, 3.63) is 190 Å². The molecule has 11 rings (SSSR count). The highest BCUT2D eigenvalue weighted by Gasteiger charge is 2.55. The number of fused-ring (bicyclic) bond motifs is 15. The van der Waals surface area contributed by atoms with E-state index in [0.717, 1.165) is 70.8 Å². The summed E-state index contributed by atoms with van der Waals surface area (Å²) in [7, 11) is 3.50. The van der Waals surface area contributed by atoms with Gasteiger partial charge in [-0.05, 0) is 117 Å². The first-order valence-corrected chi connectivity index (χ1v) is 20.3. The lowest BCUT2D eigenvalue weighted by molar-refractivity contribution is 0.111. The minimum atomic E-state index is -0.881. The van der Waals surface area contributed by atoms with Crippen molar-refractivity contribution < 1.29 is 18.9 Å². The van der Waals surface area contributed by atoms with Gasteiger partial charge in [-0.2, -0.15) is 0 Å². The van der Waals surface area contributed by atoms with Crippen molar-refractivity contribution >= 4 is 16.8 Å². The molecular weight excluding hydrogens is 701 g/mol. The molecule has 1 spiro atoms. The Labute approximate surface area is 334 Å². The Morgan fingerprint density at radius 2 is 1.26 bits per heavy atom. The van der Waals surface area contributed by atoms with E-state index in [-0.39, 0.29) is 0 Å². The lowest BCUT2D eigenvalue weighted by atomic mass is 9.68. The van der Waals surface area contributed by atoms with Crippen LogP contribution < -0.4 is 14.2 Å². The van der Waals surface area contributed by atoms with Crippen molar-refractivity contribution in [3.63, 3.8) is 0 Å². The van der Waals surface area contributed by atoms with E-state index in [1.165, 1.54) is 62.9 Å². The molecule has 280 valence electrons. The van der Waals surface area contributed by atoms with Crippen LogP contribution in [0.5, 0.6) is 17.2 Å². The average molecular weight is 745 g/mol. The fourth-order valence-corrected chi connectivity index (χ4v) is 10.6. The number of hydrogen-bond donors (Lipinski definition) is 0. The summed E-state index contributed by atoms with van der Waals surface area (Å²) in [6, 6.07) is 50.9. The molecule has 0 N–H and O–H groups in total. The normalized spacial score (nSPS) is 19.7. The largest absolute Gasteiger partial charge is 0.497 e. The number of benzene rings is 7. The molecule has 1 fully saturated rings. The van der Waals surface area contributed by atoms with E-state index < -0.39 is 11.0 Å². The van der Waals surface area contributed by atoms with Gasteiger partial charge in [0.1, 0.15) is 17.2 Å². The lowest BCUT2D eigenvalue weighted by Gasteiger charge is -2.39. The van der Waals surface area contributed by atoms with Crippen LogP contribution in [-0.2, 0) is 15.8 Å². The molecule has 0 aromatic heterocycles. The monoisotopic (exact) mass is 744 g/mol. The van der Waals surface area contributed by atoms with Crippen molar-refractivity contribution in [2.45, 2.75) is 42.6 Å². The van der Waals surface area contributed by atoms with Crippen LogP contribution in [0.15, 0.2) is 146 Å². The molecule has 0 bridgehead atoms. The van der Waals surface area contributed by atoms with Crippen molar-refractivity contribution in [2.24, 2.45) is 0 Å². The Morgan fingerprint density at radius 1 is 0.579 bits per heavy atom. The second-order valence-corrected chi connectivity index (χ2v) is 15.9. The van der Waals surface area contributed by atoms with Crippen molar-refractivity contribution in [2.75, 3.05) is 27.4 Å². The molecule has 4 aliphatic rings. The second-order valence-electron chi connectivity index (χ2n) is 15.9. The van der Waals surface area contributed by atoms with Gasteiger partial charge in [-0.15, -0.1) is 0 Å². The maximum atomic E-state index is 7.79. The molecule has 2 atom stereocenters. The summed E-state index contributed by atoms with van der Waals surface area (Å²) in [6.45, 7) is 1.69. The number of rotatable bonds is 5. The Hall–Kier alpha value is -6.10. The molecule has 4 nitrogen and oxygen atoms in total. The molecule has 7 aromatic carbocycles. The molecular formula is C53H44O4. The standard InChI is InChI=1S/C53H44O4/c1-54-38-23-25-42-45(32-38)51-44(27-29-52(57-51,36-13-4-3-5-14-36)37-21-19-35(20-22-37)34-12-10-11-30-56-31-28-34)50-49(42)43-26-24-39(55-2)33-48(43)53(50)46-17-8-6-15-40(46)41-16-7-9-18-47(41)53/h3-9,13-27,29,32-34H,10-12,28,30-31H2,1-2H3. The third-order valence-electron chi connectivity index (χ3n) is 13.2. The molecule has 2 heterocycles. The van der Waals surface area contributed by atoms with Gasteiger partial charge in [-0.1, -0.05) is 122 Å². The Morgan fingerprint density at radius 3 is 2.02 bits per heavy atom. The maximum Gasteiger partial charge on any atom is 0.178 e. The topological polar surface area (TPSA) is 36.9 Å². The Balaban J connectivity index is 1.20. The van der Waals surface area contributed by atoms with Crippen LogP contribution in [0.25, 0.3) is 39.1 Å². The zero-order valence-electron chi connectivity index (χ0n) is 32.4. The third-order valence-corrected chi connectivity index (χ3v) is 13.2. The molecule has 0 saturated carbocycles.